The average molecular weight is 332 g/mol. The van der Waals surface area contributed by atoms with Crippen LogP contribution >= 0.6 is 0 Å². The van der Waals surface area contributed by atoms with Crippen molar-refractivity contribution < 1.29 is 14.3 Å². The molecule has 0 aromatic carbocycles. The van der Waals surface area contributed by atoms with Crippen LogP contribution in [0.1, 0.15) is 24.2 Å². The fourth-order valence-electron chi connectivity index (χ4n) is 3.48. The van der Waals surface area contributed by atoms with E-state index < -0.39 is 5.41 Å². The number of nitrogens with zero attached hydrogens (tertiary/aromatic N) is 4. The first kappa shape index (κ1) is 15.8. The highest BCUT2D eigenvalue weighted by molar-refractivity contribution is 5.91. The van der Waals surface area contributed by atoms with E-state index in [0.717, 1.165) is 43.3 Å². The maximum Gasteiger partial charge on any atom is 0.234 e. The molecule has 0 bridgehead atoms. The zero-order valence-corrected chi connectivity index (χ0v) is 14.2. The Bertz CT molecular complexity index is 620. The molecule has 3 fully saturated rings. The Hall–Kier alpha value is -1.73. The minimum atomic E-state index is -0.438. The van der Waals surface area contributed by atoms with Crippen LogP contribution in [-0.2, 0) is 19.7 Å². The van der Waals surface area contributed by atoms with Crippen LogP contribution in [0.5, 0.6) is 0 Å². The molecule has 4 rings (SSSR count). The number of anilines is 1. The number of ether oxygens (including phenoxy) is 2. The summed E-state index contributed by atoms with van der Waals surface area (Å²) in [6.45, 7) is 7.59. The Morgan fingerprint density at radius 2 is 1.67 bits per heavy atom. The largest absolute Gasteiger partial charge is 0.378 e. The van der Waals surface area contributed by atoms with Crippen LogP contribution in [0.25, 0.3) is 0 Å². The van der Waals surface area contributed by atoms with Crippen molar-refractivity contribution in [1.29, 1.82) is 0 Å². The standard InChI is InChI=1S/C17H24N4O3/c1-13-12-14(19-16(18-13)21-6-10-24-11-7-21)17(2-3-17)15(22)20-4-8-23-9-5-20/h12H,2-11H2,1H3. The van der Waals surface area contributed by atoms with Crippen molar-refractivity contribution in [1.82, 2.24) is 14.9 Å². The molecule has 1 aromatic heterocycles. The minimum Gasteiger partial charge on any atom is -0.378 e. The second-order valence-corrected chi connectivity index (χ2v) is 6.78. The van der Waals surface area contributed by atoms with Gasteiger partial charge in [0.15, 0.2) is 0 Å². The van der Waals surface area contributed by atoms with E-state index in [2.05, 4.69) is 9.88 Å². The van der Waals surface area contributed by atoms with Crippen LogP contribution in [0.3, 0.4) is 0 Å². The van der Waals surface area contributed by atoms with Crippen LogP contribution in [0, 0.1) is 6.92 Å². The third-order valence-electron chi connectivity index (χ3n) is 5.08. The summed E-state index contributed by atoms with van der Waals surface area (Å²) < 4.78 is 10.8. The number of aromatic nitrogens is 2. The van der Waals surface area contributed by atoms with Gasteiger partial charge in [-0.15, -0.1) is 0 Å². The summed E-state index contributed by atoms with van der Waals surface area (Å²) in [5.41, 5.74) is 1.36. The fraction of sp³-hybridized carbons (Fsp3) is 0.706. The van der Waals surface area contributed by atoms with Crippen LogP contribution in [0.15, 0.2) is 6.07 Å². The maximum atomic E-state index is 13.1. The van der Waals surface area contributed by atoms with Crippen molar-refractivity contribution >= 4 is 11.9 Å². The van der Waals surface area contributed by atoms with Gasteiger partial charge in [0.05, 0.1) is 37.5 Å². The van der Waals surface area contributed by atoms with Gasteiger partial charge >= 0.3 is 0 Å². The van der Waals surface area contributed by atoms with Crippen molar-refractivity contribution in [3.05, 3.63) is 17.5 Å². The summed E-state index contributed by atoms with van der Waals surface area (Å²) in [6.07, 6.45) is 1.75. The molecule has 1 amide bonds. The molecule has 1 aliphatic carbocycles. The quantitative estimate of drug-likeness (QED) is 0.803. The number of carbonyl (C=O) groups is 1. The normalized spacial score (nSPS) is 23.2. The van der Waals surface area contributed by atoms with Gasteiger partial charge in [0.1, 0.15) is 0 Å². The van der Waals surface area contributed by atoms with Crippen LogP contribution in [-0.4, -0.2) is 73.4 Å². The molecule has 7 nitrogen and oxygen atoms in total. The van der Waals surface area contributed by atoms with Gasteiger partial charge in [0.2, 0.25) is 11.9 Å². The summed E-state index contributed by atoms with van der Waals surface area (Å²) in [7, 11) is 0. The highest BCUT2D eigenvalue weighted by atomic mass is 16.5. The van der Waals surface area contributed by atoms with Gasteiger partial charge in [0.25, 0.3) is 0 Å². The Balaban J connectivity index is 1.60. The van der Waals surface area contributed by atoms with Gasteiger partial charge < -0.3 is 19.3 Å². The molecule has 130 valence electrons. The molecule has 0 spiro atoms. The first-order chi connectivity index (χ1) is 11.7. The minimum absolute atomic E-state index is 0.205. The van der Waals surface area contributed by atoms with E-state index >= 15 is 0 Å². The van der Waals surface area contributed by atoms with E-state index in [9.17, 15) is 4.79 Å². The third-order valence-corrected chi connectivity index (χ3v) is 5.08. The lowest BCUT2D eigenvalue weighted by atomic mass is 9.99. The van der Waals surface area contributed by atoms with E-state index in [1.54, 1.807) is 0 Å². The Labute approximate surface area is 142 Å². The highest BCUT2D eigenvalue weighted by Gasteiger charge is 2.54. The van der Waals surface area contributed by atoms with Crippen LogP contribution in [0.2, 0.25) is 0 Å². The van der Waals surface area contributed by atoms with E-state index in [4.69, 9.17) is 14.5 Å². The molecule has 0 radical (unpaired) electrons. The molecule has 1 saturated carbocycles. The Kier molecular flexibility index (Phi) is 4.14. The number of amides is 1. The highest BCUT2D eigenvalue weighted by Crippen LogP contribution is 2.49. The summed E-state index contributed by atoms with van der Waals surface area (Å²) in [5.74, 6) is 0.936. The second-order valence-electron chi connectivity index (χ2n) is 6.78. The maximum absolute atomic E-state index is 13.1. The molecule has 2 aliphatic heterocycles. The third kappa shape index (κ3) is 2.86. The van der Waals surface area contributed by atoms with Gasteiger partial charge in [-0.05, 0) is 25.8 Å². The van der Waals surface area contributed by atoms with Crippen molar-refractivity contribution in [2.24, 2.45) is 0 Å². The second kappa shape index (κ2) is 6.29. The number of morpholine rings is 2. The number of carbonyl (C=O) groups excluding carboxylic acids is 1. The summed E-state index contributed by atoms with van der Waals surface area (Å²) in [5, 5.41) is 0. The molecule has 3 heterocycles. The first-order valence-electron chi connectivity index (χ1n) is 8.75. The van der Waals surface area contributed by atoms with E-state index in [1.165, 1.54) is 0 Å². The zero-order valence-electron chi connectivity index (χ0n) is 14.2. The number of hydrogen-bond donors (Lipinski definition) is 0. The van der Waals surface area contributed by atoms with Crippen molar-refractivity contribution in [2.45, 2.75) is 25.2 Å². The van der Waals surface area contributed by atoms with Crippen LogP contribution < -0.4 is 4.90 Å². The molecule has 2 saturated heterocycles. The van der Waals surface area contributed by atoms with Gasteiger partial charge in [-0.1, -0.05) is 0 Å². The molecule has 0 atom stereocenters. The SMILES string of the molecule is Cc1cc(C2(C(=O)N3CCOCC3)CC2)nc(N2CCOCC2)n1. The molecule has 1 aromatic rings. The van der Waals surface area contributed by atoms with E-state index in [1.807, 2.05) is 17.9 Å². The molecular formula is C17H24N4O3. The lowest BCUT2D eigenvalue weighted by Gasteiger charge is -2.31. The summed E-state index contributed by atoms with van der Waals surface area (Å²) >= 11 is 0. The number of rotatable bonds is 3. The first-order valence-corrected chi connectivity index (χ1v) is 8.75. The smallest absolute Gasteiger partial charge is 0.234 e. The van der Waals surface area contributed by atoms with Crippen molar-refractivity contribution in [3.8, 4) is 0 Å². The Morgan fingerprint density at radius 3 is 2.29 bits per heavy atom. The zero-order chi connectivity index (χ0) is 16.6. The van der Waals surface area contributed by atoms with Gasteiger partial charge in [-0.25, -0.2) is 9.97 Å². The predicted octanol–water partition coefficient (Wildman–Crippen LogP) is 0.512. The monoisotopic (exact) mass is 332 g/mol. The molecular weight excluding hydrogens is 308 g/mol. The van der Waals surface area contributed by atoms with E-state index in [0.29, 0.717) is 39.5 Å². The Morgan fingerprint density at radius 1 is 1.04 bits per heavy atom. The fourth-order valence-corrected chi connectivity index (χ4v) is 3.48. The summed E-state index contributed by atoms with van der Waals surface area (Å²) in [6, 6.07) is 1.98. The summed E-state index contributed by atoms with van der Waals surface area (Å²) in [4.78, 5) is 26.5. The van der Waals surface area contributed by atoms with Crippen LogP contribution in [0.4, 0.5) is 5.95 Å². The molecule has 24 heavy (non-hydrogen) atoms. The molecule has 7 heteroatoms. The molecule has 0 unspecified atom stereocenters. The number of aryl methyl sites for hydroxylation is 1. The lowest BCUT2D eigenvalue weighted by molar-refractivity contribution is -0.138. The average Bonchev–Trinajstić information content (AvgIpc) is 3.44. The van der Waals surface area contributed by atoms with Gasteiger partial charge in [-0.3, -0.25) is 4.79 Å². The predicted molar refractivity (Wildman–Crippen MR) is 88.1 cm³/mol. The lowest BCUT2D eigenvalue weighted by Crippen LogP contribution is -2.46. The number of hydrogen-bond acceptors (Lipinski definition) is 6. The molecule has 3 aliphatic rings. The van der Waals surface area contributed by atoms with Gasteiger partial charge in [-0.2, -0.15) is 0 Å². The van der Waals surface area contributed by atoms with Gasteiger partial charge in [0, 0.05) is 31.9 Å². The topological polar surface area (TPSA) is 67.8 Å². The van der Waals surface area contributed by atoms with Crippen molar-refractivity contribution in [2.75, 3.05) is 57.5 Å². The van der Waals surface area contributed by atoms with E-state index in [-0.39, 0.29) is 5.91 Å². The van der Waals surface area contributed by atoms with Crippen molar-refractivity contribution in [3.63, 3.8) is 0 Å². The molecule has 0 N–H and O–H groups in total.